The van der Waals surface area contributed by atoms with Crippen molar-refractivity contribution >= 4 is 0 Å². The fraction of sp³-hybridized carbons (Fsp3) is 0.714. The van der Waals surface area contributed by atoms with Gasteiger partial charge in [-0.1, -0.05) is 13.8 Å². The largest absolute Gasteiger partial charge is 0.365 e. The van der Waals surface area contributed by atoms with E-state index < -0.39 is 0 Å². The second kappa shape index (κ2) is 7.51. The topological polar surface area (TPSA) is 31.1 Å². The van der Waals surface area contributed by atoms with Crippen molar-refractivity contribution in [3.05, 3.63) is 24.0 Å². The van der Waals surface area contributed by atoms with E-state index in [1.165, 1.54) is 12.2 Å². The van der Waals surface area contributed by atoms with Crippen LogP contribution < -0.4 is 5.32 Å². The monoisotopic (exact) mass is 237 g/mol. The van der Waals surface area contributed by atoms with Gasteiger partial charge in [-0.2, -0.15) is 0 Å². The Hall–Kier alpha value is -0.800. The molecule has 17 heavy (non-hydrogen) atoms. The molecule has 0 bridgehead atoms. The zero-order valence-corrected chi connectivity index (χ0v) is 11.7. The van der Waals surface area contributed by atoms with Gasteiger partial charge in [0.1, 0.15) is 0 Å². The van der Waals surface area contributed by atoms with Crippen LogP contribution in [0.3, 0.4) is 0 Å². The third-order valence-electron chi connectivity index (χ3n) is 3.38. The van der Waals surface area contributed by atoms with Gasteiger partial charge < -0.3 is 15.2 Å². The van der Waals surface area contributed by atoms with Crippen molar-refractivity contribution in [3.8, 4) is 0 Å². The molecule has 1 heterocycles. The lowest BCUT2D eigenvalue weighted by molar-refractivity contribution is 0.234. The molecule has 1 aromatic heterocycles. The van der Waals surface area contributed by atoms with E-state index in [-0.39, 0.29) is 0 Å². The molecule has 3 nitrogen and oxygen atoms in total. The predicted octanol–water partition coefficient (Wildman–Crippen LogP) is 1.98. The molecular formula is C14H27N3. The summed E-state index contributed by atoms with van der Waals surface area (Å²) in [5, 5.41) is 3.29. The lowest BCUT2D eigenvalue weighted by Gasteiger charge is -2.26. The van der Waals surface area contributed by atoms with E-state index in [1.54, 1.807) is 0 Å². The lowest BCUT2D eigenvalue weighted by atomic mass is 9.95. The molecule has 0 fully saturated rings. The highest BCUT2D eigenvalue weighted by molar-refractivity contribution is 5.03. The number of aromatic nitrogens is 1. The quantitative estimate of drug-likeness (QED) is 0.724. The molecule has 0 aliphatic carbocycles. The number of aromatic amines is 1. The summed E-state index contributed by atoms with van der Waals surface area (Å²) in [5.74, 6) is 1.46. The number of likely N-dealkylation sites (N-methyl/N-ethyl adjacent to an activating group) is 1. The van der Waals surface area contributed by atoms with E-state index in [0.717, 1.165) is 31.3 Å². The van der Waals surface area contributed by atoms with Gasteiger partial charge >= 0.3 is 0 Å². The van der Waals surface area contributed by atoms with Crippen LogP contribution in [0.15, 0.2) is 18.3 Å². The summed E-state index contributed by atoms with van der Waals surface area (Å²) in [6.07, 6.45) is 3.10. The molecule has 0 aliphatic rings. The number of nitrogens with one attached hydrogen (secondary N) is 2. The first-order chi connectivity index (χ1) is 8.13. The molecular weight excluding hydrogens is 210 g/mol. The SMILES string of the molecule is CNCC(CN(C)CCc1ccc[nH]1)C(C)C. The van der Waals surface area contributed by atoms with Gasteiger partial charge in [-0.3, -0.25) is 0 Å². The molecule has 0 saturated heterocycles. The van der Waals surface area contributed by atoms with Crippen molar-refractivity contribution in [1.29, 1.82) is 0 Å². The van der Waals surface area contributed by atoms with E-state index >= 15 is 0 Å². The van der Waals surface area contributed by atoms with Crippen molar-refractivity contribution in [2.75, 3.05) is 33.7 Å². The van der Waals surface area contributed by atoms with Gasteiger partial charge in [0.2, 0.25) is 0 Å². The first-order valence-corrected chi connectivity index (χ1v) is 6.59. The van der Waals surface area contributed by atoms with Crippen LogP contribution >= 0.6 is 0 Å². The summed E-state index contributed by atoms with van der Waals surface area (Å²) < 4.78 is 0. The van der Waals surface area contributed by atoms with Gasteiger partial charge in [0.25, 0.3) is 0 Å². The Morgan fingerprint density at radius 2 is 2.18 bits per heavy atom. The molecule has 1 aromatic rings. The first-order valence-electron chi connectivity index (χ1n) is 6.59. The fourth-order valence-electron chi connectivity index (χ4n) is 2.10. The smallest absolute Gasteiger partial charge is 0.0159 e. The average Bonchev–Trinajstić information content (AvgIpc) is 2.78. The normalized spacial score (nSPS) is 13.5. The molecule has 0 aromatic carbocycles. The summed E-state index contributed by atoms with van der Waals surface area (Å²) in [4.78, 5) is 5.69. The van der Waals surface area contributed by atoms with Crippen LogP contribution in [0, 0.1) is 11.8 Å². The standard InChI is InChI=1S/C14H27N3/c1-12(2)13(10-15-3)11-17(4)9-7-14-6-5-8-16-14/h5-6,8,12-13,15-16H,7,9-11H2,1-4H3. The average molecular weight is 237 g/mol. The van der Waals surface area contributed by atoms with Crippen LogP contribution in [-0.2, 0) is 6.42 Å². The fourth-order valence-corrected chi connectivity index (χ4v) is 2.10. The molecule has 0 radical (unpaired) electrons. The lowest BCUT2D eigenvalue weighted by Crippen LogP contribution is -2.35. The summed E-state index contributed by atoms with van der Waals surface area (Å²) in [5.41, 5.74) is 1.33. The molecule has 0 aliphatic heterocycles. The Bertz CT molecular complexity index is 280. The second-order valence-electron chi connectivity index (χ2n) is 5.27. The summed E-state index contributed by atoms with van der Waals surface area (Å²) >= 11 is 0. The molecule has 0 spiro atoms. The Morgan fingerprint density at radius 1 is 1.41 bits per heavy atom. The van der Waals surface area contributed by atoms with Crippen molar-refractivity contribution in [2.24, 2.45) is 11.8 Å². The van der Waals surface area contributed by atoms with Crippen LogP contribution in [0.1, 0.15) is 19.5 Å². The Morgan fingerprint density at radius 3 is 2.71 bits per heavy atom. The van der Waals surface area contributed by atoms with E-state index in [9.17, 15) is 0 Å². The first kappa shape index (κ1) is 14.3. The van der Waals surface area contributed by atoms with Gasteiger partial charge in [-0.25, -0.2) is 0 Å². The molecule has 0 saturated carbocycles. The molecule has 3 heteroatoms. The summed E-state index contributed by atoms with van der Waals surface area (Å²) in [6, 6.07) is 4.22. The maximum absolute atomic E-state index is 3.29. The number of hydrogen-bond donors (Lipinski definition) is 2. The van der Waals surface area contributed by atoms with Gasteiger partial charge in [-0.15, -0.1) is 0 Å². The van der Waals surface area contributed by atoms with Gasteiger partial charge in [0.15, 0.2) is 0 Å². The summed E-state index contributed by atoms with van der Waals surface area (Å²) in [7, 11) is 4.25. The van der Waals surface area contributed by atoms with Crippen LogP contribution in [0.2, 0.25) is 0 Å². The van der Waals surface area contributed by atoms with Gasteiger partial charge in [0, 0.05) is 31.4 Å². The van der Waals surface area contributed by atoms with E-state index in [2.05, 4.69) is 48.2 Å². The minimum atomic E-state index is 0.730. The summed E-state index contributed by atoms with van der Waals surface area (Å²) in [6.45, 7) is 8.00. The molecule has 1 unspecified atom stereocenters. The Labute approximate surface area is 106 Å². The van der Waals surface area contributed by atoms with Crippen molar-refractivity contribution in [2.45, 2.75) is 20.3 Å². The number of H-pyrrole nitrogens is 1. The van der Waals surface area contributed by atoms with Crippen molar-refractivity contribution < 1.29 is 0 Å². The molecule has 1 rings (SSSR count). The minimum absolute atomic E-state index is 0.730. The van der Waals surface area contributed by atoms with Crippen LogP contribution in [0.4, 0.5) is 0 Å². The number of rotatable bonds is 8. The third-order valence-corrected chi connectivity index (χ3v) is 3.38. The van der Waals surface area contributed by atoms with Crippen LogP contribution in [-0.4, -0.2) is 43.6 Å². The molecule has 2 N–H and O–H groups in total. The van der Waals surface area contributed by atoms with Crippen molar-refractivity contribution in [1.82, 2.24) is 15.2 Å². The highest BCUT2D eigenvalue weighted by Crippen LogP contribution is 2.11. The zero-order valence-electron chi connectivity index (χ0n) is 11.7. The highest BCUT2D eigenvalue weighted by Gasteiger charge is 2.14. The second-order valence-corrected chi connectivity index (χ2v) is 5.27. The van der Waals surface area contributed by atoms with E-state index in [0.29, 0.717) is 0 Å². The predicted molar refractivity (Wildman–Crippen MR) is 74.2 cm³/mol. The Kier molecular flexibility index (Phi) is 6.30. The van der Waals surface area contributed by atoms with Crippen LogP contribution in [0.5, 0.6) is 0 Å². The minimum Gasteiger partial charge on any atom is -0.365 e. The maximum atomic E-state index is 3.29. The number of hydrogen-bond acceptors (Lipinski definition) is 2. The van der Waals surface area contributed by atoms with E-state index in [1.807, 2.05) is 13.2 Å². The maximum Gasteiger partial charge on any atom is 0.0159 e. The molecule has 1 atom stereocenters. The number of nitrogens with zero attached hydrogens (tertiary/aromatic N) is 1. The molecule has 0 amide bonds. The van der Waals surface area contributed by atoms with Gasteiger partial charge in [0.05, 0.1) is 0 Å². The van der Waals surface area contributed by atoms with Crippen molar-refractivity contribution in [3.63, 3.8) is 0 Å². The van der Waals surface area contributed by atoms with Gasteiger partial charge in [-0.05, 0) is 44.6 Å². The Balaban J connectivity index is 2.29. The highest BCUT2D eigenvalue weighted by atomic mass is 15.1. The van der Waals surface area contributed by atoms with Crippen LogP contribution in [0.25, 0.3) is 0 Å². The zero-order chi connectivity index (χ0) is 12.7. The molecule has 98 valence electrons. The third kappa shape index (κ3) is 5.37. The van der Waals surface area contributed by atoms with E-state index in [4.69, 9.17) is 0 Å².